The molecule has 1 amide bonds. The van der Waals surface area contributed by atoms with Crippen LogP contribution in [0, 0.1) is 0 Å². The molecule has 2 heterocycles. The van der Waals surface area contributed by atoms with Gasteiger partial charge in [0.15, 0.2) is 5.17 Å². The van der Waals surface area contributed by atoms with E-state index in [1.165, 1.54) is 31.0 Å². The van der Waals surface area contributed by atoms with Gasteiger partial charge in [-0.1, -0.05) is 37.5 Å². The first kappa shape index (κ1) is 15.5. The Hall–Kier alpha value is -2.01. The van der Waals surface area contributed by atoms with E-state index in [0.717, 1.165) is 34.9 Å². The summed E-state index contributed by atoms with van der Waals surface area (Å²) in [7, 11) is 0. The summed E-state index contributed by atoms with van der Waals surface area (Å²) in [5, 5.41) is 3.64. The Bertz CT molecular complexity index is 745. The van der Waals surface area contributed by atoms with Gasteiger partial charge in [-0.25, -0.2) is 0 Å². The minimum atomic E-state index is -0.0608. The molecule has 124 valence electrons. The van der Waals surface area contributed by atoms with Gasteiger partial charge in [0.05, 0.1) is 10.9 Å². The van der Waals surface area contributed by atoms with Crippen LogP contribution in [0.2, 0.25) is 0 Å². The maximum Gasteiger partial charge on any atom is 0.264 e. The number of amides is 1. The number of nitrogens with one attached hydrogen (secondary N) is 1. The van der Waals surface area contributed by atoms with E-state index in [1.807, 2.05) is 30.3 Å². The Kier molecular flexibility index (Phi) is 4.43. The first-order valence-electron chi connectivity index (χ1n) is 8.49. The lowest BCUT2D eigenvalue weighted by molar-refractivity contribution is -0.115. The summed E-state index contributed by atoms with van der Waals surface area (Å²) in [5.41, 5.74) is 2.06. The SMILES string of the molecule is O=C1NC(=NC2CCCCC2)S/C1=C/C1=Cc2ccccc2OC1. The minimum absolute atomic E-state index is 0.0608. The lowest BCUT2D eigenvalue weighted by atomic mass is 9.96. The molecule has 1 saturated heterocycles. The lowest BCUT2D eigenvalue weighted by Gasteiger charge is -2.17. The van der Waals surface area contributed by atoms with Gasteiger partial charge in [0, 0.05) is 5.56 Å². The topological polar surface area (TPSA) is 50.7 Å². The number of aliphatic imine (C=N–C) groups is 1. The van der Waals surface area contributed by atoms with Crippen LogP contribution in [0.4, 0.5) is 0 Å². The molecule has 2 fully saturated rings. The van der Waals surface area contributed by atoms with Gasteiger partial charge in [-0.15, -0.1) is 0 Å². The third-order valence-electron chi connectivity index (χ3n) is 4.50. The maximum absolute atomic E-state index is 12.2. The molecule has 0 unspecified atom stereocenters. The van der Waals surface area contributed by atoms with Crippen LogP contribution in [0.15, 0.2) is 45.8 Å². The highest BCUT2D eigenvalue weighted by atomic mass is 32.2. The predicted octanol–water partition coefficient (Wildman–Crippen LogP) is 3.90. The van der Waals surface area contributed by atoms with E-state index >= 15 is 0 Å². The van der Waals surface area contributed by atoms with Crippen LogP contribution in [-0.4, -0.2) is 23.7 Å². The van der Waals surface area contributed by atoms with Crippen molar-refractivity contribution in [1.29, 1.82) is 0 Å². The Morgan fingerprint density at radius 2 is 2.04 bits per heavy atom. The number of carbonyl (C=O) groups excluding carboxylic acids is 1. The standard InChI is InChI=1S/C19H20N2O2S/c22-18-17(24-19(21-18)20-15-7-2-1-3-8-15)11-13-10-14-6-4-5-9-16(14)23-12-13/h4-6,9-11,15H,1-3,7-8,12H2,(H,20,21,22)/b17-11+. The molecule has 5 heteroatoms. The number of rotatable bonds is 2. The summed E-state index contributed by atoms with van der Waals surface area (Å²) in [6.07, 6.45) is 10.1. The molecule has 1 saturated carbocycles. The van der Waals surface area contributed by atoms with Crippen molar-refractivity contribution in [3.63, 3.8) is 0 Å². The van der Waals surface area contributed by atoms with Gasteiger partial charge < -0.3 is 10.1 Å². The number of nitrogens with zero attached hydrogens (tertiary/aromatic N) is 1. The molecular formula is C19H20N2O2S. The van der Waals surface area contributed by atoms with Gasteiger partial charge in [0.25, 0.3) is 5.91 Å². The summed E-state index contributed by atoms with van der Waals surface area (Å²) in [4.78, 5) is 17.6. The van der Waals surface area contributed by atoms with Crippen LogP contribution >= 0.6 is 11.8 Å². The quantitative estimate of drug-likeness (QED) is 0.831. The molecule has 1 N–H and O–H groups in total. The van der Waals surface area contributed by atoms with Crippen molar-refractivity contribution in [2.24, 2.45) is 4.99 Å². The van der Waals surface area contributed by atoms with Crippen molar-refractivity contribution in [1.82, 2.24) is 5.32 Å². The molecule has 0 bridgehead atoms. The fourth-order valence-corrected chi connectivity index (χ4v) is 4.16. The van der Waals surface area contributed by atoms with Crippen LogP contribution < -0.4 is 10.1 Å². The van der Waals surface area contributed by atoms with E-state index in [0.29, 0.717) is 17.6 Å². The number of ether oxygens (including phenoxy) is 1. The van der Waals surface area contributed by atoms with E-state index in [1.54, 1.807) is 0 Å². The molecule has 0 radical (unpaired) electrons. The molecule has 4 rings (SSSR count). The Balaban J connectivity index is 1.50. The summed E-state index contributed by atoms with van der Waals surface area (Å²) < 4.78 is 5.75. The molecule has 24 heavy (non-hydrogen) atoms. The molecule has 1 aromatic carbocycles. The second-order valence-electron chi connectivity index (χ2n) is 6.34. The van der Waals surface area contributed by atoms with Crippen LogP contribution in [-0.2, 0) is 4.79 Å². The van der Waals surface area contributed by atoms with Crippen LogP contribution in [0.5, 0.6) is 5.75 Å². The Morgan fingerprint density at radius 3 is 2.92 bits per heavy atom. The highest BCUT2D eigenvalue weighted by molar-refractivity contribution is 8.18. The molecule has 1 aliphatic carbocycles. The highest BCUT2D eigenvalue weighted by Crippen LogP contribution is 2.31. The zero-order valence-electron chi connectivity index (χ0n) is 13.5. The van der Waals surface area contributed by atoms with Crippen molar-refractivity contribution in [3.05, 3.63) is 46.4 Å². The molecule has 3 aliphatic rings. The van der Waals surface area contributed by atoms with Gasteiger partial charge in [-0.05, 0) is 48.4 Å². The number of hydrogen-bond donors (Lipinski definition) is 1. The number of para-hydroxylation sites is 1. The Labute approximate surface area is 146 Å². The number of hydrogen-bond acceptors (Lipinski definition) is 4. The summed E-state index contributed by atoms with van der Waals surface area (Å²) in [5.74, 6) is 0.831. The first-order chi connectivity index (χ1) is 11.8. The van der Waals surface area contributed by atoms with Crippen LogP contribution in [0.1, 0.15) is 37.7 Å². The number of carbonyl (C=O) groups is 1. The fraction of sp³-hybridized carbons (Fsp3) is 0.368. The number of benzene rings is 1. The smallest absolute Gasteiger partial charge is 0.264 e. The monoisotopic (exact) mass is 340 g/mol. The van der Waals surface area contributed by atoms with Crippen molar-refractivity contribution < 1.29 is 9.53 Å². The van der Waals surface area contributed by atoms with Crippen molar-refractivity contribution in [3.8, 4) is 5.75 Å². The predicted molar refractivity (Wildman–Crippen MR) is 98.0 cm³/mol. The zero-order valence-corrected chi connectivity index (χ0v) is 14.3. The van der Waals surface area contributed by atoms with E-state index in [4.69, 9.17) is 9.73 Å². The van der Waals surface area contributed by atoms with Crippen molar-refractivity contribution in [2.75, 3.05) is 6.61 Å². The number of thioether (sulfide) groups is 1. The maximum atomic E-state index is 12.2. The number of amidine groups is 1. The average molecular weight is 340 g/mol. The van der Waals surface area contributed by atoms with Gasteiger partial charge >= 0.3 is 0 Å². The Morgan fingerprint density at radius 1 is 1.21 bits per heavy atom. The van der Waals surface area contributed by atoms with Gasteiger partial charge in [0.2, 0.25) is 0 Å². The van der Waals surface area contributed by atoms with E-state index in [2.05, 4.69) is 11.4 Å². The molecule has 0 aromatic heterocycles. The second-order valence-corrected chi connectivity index (χ2v) is 7.37. The van der Waals surface area contributed by atoms with E-state index in [9.17, 15) is 4.79 Å². The summed E-state index contributed by atoms with van der Waals surface area (Å²) >= 11 is 1.44. The average Bonchev–Trinajstić information content (AvgIpc) is 2.95. The molecule has 2 aliphatic heterocycles. The third kappa shape index (κ3) is 3.41. The molecule has 0 spiro atoms. The normalized spacial score (nSPS) is 24.5. The van der Waals surface area contributed by atoms with Gasteiger partial charge in [-0.3, -0.25) is 9.79 Å². The minimum Gasteiger partial charge on any atom is -0.488 e. The first-order valence-corrected chi connectivity index (χ1v) is 9.31. The largest absolute Gasteiger partial charge is 0.488 e. The van der Waals surface area contributed by atoms with E-state index in [-0.39, 0.29) is 5.91 Å². The van der Waals surface area contributed by atoms with Crippen molar-refractivity contribution in [2.45, 2.75) is 38.1 Å². The van der Waals surface area contributed by atoms with Crippen LogP contribution in [0.3, 0.4) is 0 Å². The highest BCUT2D eigenvalue weighted by Gasteiger charge is 2.26. The lowest BCUT2D eigenvalue weighted by Crippen LogP contribution is -2.22. The molecule has 4 nitrogen and oxygen atoms in total. The zero-order chi connectivity index (χ0) is 16.4. The van der Waals surface area contributed by atoms with E-state index < -0.39 is 0 Å². The molecular weight excluding hydrogens is 320 g/mol. The van der Waals surface area contributed by atoms with Crippen LogP contribution in [0.25, 0.3) is 6.08 Å². The summed E-state index contributed by atoms with van der Waals surface area (Å²) in [6.45, 7) is 0.490. The van der Waals surface area contributed by atoms with Crippen molar-refractivity contribution >= 4 is 28.9 Å². The third-order valence-corrected chi connectivity index (χ3v) is 5.42. The molecule has 1 aromatic rings. The van der Waals surface area contributed by atoms with Gasteiger partial charge in [0.1, 0.15) is 12.4 Å². The number of fused-ring (bicyclic) bond motifs is 1. The van der Waals surface area contributed by atoms with Gasteiger partial charge in [-0.2, -0.15) is 0 Å². The second kappa shape index (κ2) is 6.85. The molecule has 0 atom stereocenters. The summed E-state index contributed by atoms with van der Waals surface area (Å²) in [6, 6.07) is 8.29. The fourth-order valence-electron chi connectivity index (χ4n) is 3.25.